The number of aryl methyl sites for hydroxylation is 1. The van der Waals surface area contributed by atoms with Crippen LogP contribution >= 0.6 is 11.6 Å². The minimum absolute atomic E-state index is 0.0443. The molecule has 0 saturated carbocycles. The first kappa shape index (κ1) is 23.4. The van der Waals surface area contributed by atoms with Gasteiger partial charge in [-0.3, -0.25) is 4.79 Å². The van der Waals surface area contributed by atoms with Gasteiger partial charge in [0.15, 0.2) is 6.61 Å². The molecule has 0 radical (unpaired) electrons. The van der Waals surface area contributed by atoms with Gasteiger partial charge in [0.2, 0.25) is 10.0 Å². The molecule has 1 aromatic heterocycles. The van der Waals surface area contributed by atoms with Crippen molar-refractivity contribution in [2.45, 2.75) is 18.7 Å². The van der Waals surface area contributed by atoms with Gasteiger partial charge in [0, 0.05) is 11.6 Å². The van der Waals surface area contributed by atoms with Crippen LogP contribution in [0, 0.1) is 6.92 Å². The molecule has 0 aliphatic carbocycles. The molecule has 0 bridgehead atoms. The Hall–Kier alpha value is -3.28. The van der Waals surface area contributed by atoms with Gasteiger partial charge in [0.1, 0.15) is 12.7 Å². The number of hydrogen-bond donors (Lipinski definition) is 2. The summed E-state index contributed by atoms with van der Waals surface area (Å²) in [6, 6.07) is 8.91. The molecular weight excluding hydrogens is 458 g/mol. The molecule has 10 nitrogen and oxygen atoms in total. The zero-order valence-electron chi connectivity index (χ0n) is 17.2. The minimum Gasteiger partial charge on any atom is -0.452 e. The molecule has 2 N–H and O–H groups in total. The van der Waals surface area contributed by atoms with E-state index in [0.29, 0.717) is 22.0 Å². The summed E-state index contributed by atoms with van der Waals surface area (Å²) in [6.45, 7) is 2.90. The molecule has 2 aromatic carbocycles. The van der Waals surface area contributed by atoms with E-state index >= 15 is 0 Å². The normalized spacial score (nSPS) is 11.2. The molecule has 0 aliphatic rings. The molecule has 0 fully saturated rings. The number of anilines is 1. The van der Waals surface area contributed by atoms with Crippen molar-refractivity contribution in [3.05, 3.63) is 65.2 Å². The number of benzene rings is 2. The number of carbonyl (C=O) groups excluding carboxylic acids is 2. The minimum atomic E-state index is -3.75. The molecular formula is C20H20ClN5O5S. The van der Waals surface area contributed by atoms with Gasteiger partial charge < -0.3 is 10.1 Å². The molecule has 0 atom stereocenters. The number of nitrogens with one attached hydrogen (secondary N) is 2. The Balaban J connectivity index is 1.71. The molecule has 12 heteroatoms. The lowest BCUT2D eigenvalue weighted by molar-refractivity contribution is -0.119. The number of carbonyl (C=O) groups is 2. The lowest BCUT2D eigenvalue weighted by Crippen LogP contribution is -2.24. The summed E-state index contributed by atoms with van der Waals surface area (Å²) >= 11 is 6.02. The number of esters is 1. The number of sulfonamides is 1. The highest BCUT2D eigenvalue weighted by Gasteiger charge is 2.19. The fourth-order valence-corrected chi connectivity index (χ4v) is 4.04. The first-order valence-electron chi connectivity index (χ1n) is 9.43. The fourth-order valence-electron chi connectivity index (χ4n) is 2.80. The molecule has 1 heterocycles. The number of aromatic nitrogens is 3. The van der Waals surface area contributed by atoms with Crippen molar-refractivity contribution in [2.24, 2.45) is 0 Å². The average molecular weight is 478 g/mol. The van der Waals surface area contributed by atoms with E-state index < -0.39 is 28.5 Å². The third-order valence-electron chi connectivity index (χ3n) is 4.31. The van der Waals surface area contributed by atoms with Gasteiger partial charge in [0.25, 0.3) is 5.91 Å². The predicted molar refractivity (Wildman–Crippen MR) is 117 cm³/mol. The van der Waals surface area contributed by atoms with Gasteiger partial charge in [-0.15, -0.1) is 0 Å². The third kappa shape index (κ3) is 5.49. The van der Waals surface area contributed by atoms with E-state index in [0.717, 1.165) is 0 Å². The van der Waals surface area contributed by atoms with E-state index in [1.807, 2.05) is 0 Å². The van der Waals surface area contributed by atoms with Crippen LogP contribution in [0.1, 0.15) is 22.8 Å². The second-order valence-electron chi connectivity index (χ2n) is 6.60. The SMILES string of the molecule is CCNS(=O)(=O)c1ccc(C)c(C(=O)OCC(=O)Nc2cc(Cl)ccc2-n2cncn2)c1. The zero-order valence-corrected chi connectivity index (χ0v) is 18.8. The van der Waals surface area contributed by atoms with Crippen LogP contribution in [-0.2, 0) is 19.6 Å². The van der Waals surface area contributed by atoms with Crippen molar-refractivity contribution in [3.8, 4) is 5.69 Å². The third-order valence-corrected chi connectivity index (χ3v) is 6.08. The summed E-state index contributed by atoms with van der Waals surface area (Å²) in [7, 11) is -3.75. The Kier molecular flexibility index (Phi) is 7.23. The molecule has 0 saturated heterocycles. The molecule has 1 amide bonds. The van der Waals surface area contributed by atoms with E-state index in [2.05, 4.69) is 20.1 Å². The van der Waals surface area contributed by atoms with Gasteiger partial charge in [-0.25, -0.2) is 27.6 Å². The van der Waals surface area contributed by atoms with Crippen molar-refractivity contribution in [1.82, 2.24) is 19.5 Å². The van der Waals surface area contributed by atoms with Crippen molar-refractivity contribution in [1.29, 1.82) is 0 Å². The second-order valence-corrected chi connectivity index (χ2v) is 8.81. The highest BCUT2D eigenvalue weighted by atomic mass is 35.5. The summed E-state index contributed by atoms with van der Waals surface area (Å²) in [6.07, 6.45) is 2.80. The first-order valence-corrected chi connectivity index (χ1v) is 11.3. The van der Waals surface area contributed by atoms with E-state index in [9.17, 15) is 18.0 Å². The van der Waals surface area contributed by atoms with Gasteiger partial charge in [0.05, 0.1) is 21.8 Å². The van der Waals surface area contributed by atoms with Crippen LogP contribution in [-0.4, -0.2) is 48.2 Å². The summed E-state index contributed by atoms with van der Waals surface area (Å²) in [5, 5.41) is 7.02. The molecule has 168 valence electrons. The van der Waals surface area contributed by atoms with Crippen LogP contribution in [0.5, 0.6) is 0 Å². The fraction of sp³-hybridized carbons (Fsp3) is 0.200. The Morgan fingerprint density at radius 3 is 2.66 bits per heavy atom. The largest absolute Gasteiger partial charge is 0.452 e. The molecule has 0 spiro atoms. The lowest BCUT2D eigenvalue weighted by Gasteiger charge is -2.12. The number of nitrogens with zero attached hydrogens (tertiary/aromatic N) is 3. The summed E-state index contributed by atoms with van der Waals surface area (Å²) in [4.78, 5) is 28.7. The summed E-state index contributed by atoms with van der Waals surface area (Å²) < 4.78 is 33.3. The monoisotopic (exact) mass is 477 g/mol. The van der Waals surface area contributed by atoms with Crippen LogP contribution < -0.4 is 10.0 Å². The topological polar surface area (TPSA) is 132 Å². The quantitative estimate of drug-likeness (QED) is 0.476. The average Bonchev–Trinajstić information content (AvgIpc) is 3.27. The molecule has 3 rings (SSSR count). The second kappa shape index (κ2) is 9.90. The van der Waals surface area contributed by atoms with Crippen molar-refractivity contribution in [3.63, 3.8) is 0 Å². The molecule has 3 aromatic rings. The van der Waals surface area contributed by atoms with Crippen molar-refractivity contribution >= 4 is 39.2 Å². The highest BCUT2D eigenvalue weighted by Crippen LogP contribution is 2.24. The van der Waals surface area contributed by atoms with Crippen LogP contribution in [0.15, 0.2) is 53.9 Å². The van der Waals surface area contributed by atoms with Crippen LogP contribution in [0.2, 0.25) is 5.02 Å². The first-order chi connectivity index (χ1) is 15.2. The maximum atomic E-state index is 12.5. The van der Waals surface area contributed by atoms with Crippen LogP contribution in [0.3, 0.4) is 0 Å². The lowest BCUT2D eigenvalue weighted by atomic mass is 10.1. The van der Waals surface area contributed by atoms with Crippen molar-refractivity contribution in [2.75, 3.05) is 18.5 Å². The van der Waals surface area contributed by atoms with Crippen LogP contribution in [0.25, 0.3) is 5.69 Å². The van der Waals surface area contributed by atoms with Crippen LogP contribution in [0.4, 0.5) is 5.69 Å². The molecule has 0 aliphatic heterocycles. The maximum absolute atomic E-state index is 12.5. The van der Waals surface area contributed by atoms with E-state index in [4.69, 9.17) is 16.3 Å². The number of halogens is 1. The molecule has 0 unspecified atom stereocenters. The number of ether oxygens (including phenoxy) is 1. The van der Waals surface area contributed by atoms with Gasteiger partial charge in [-0.2, -0.15) is 5.10 Å². The summed E-state index contributed by atoms with van der Waals surface area (Å²) in [5.74, 6) is -1.44. The van der Waals surface area contributed by atoms with E-state index in [-0.39, 0.29) is 17.0 Å². The van der Waals surface area contributed by atoms with E-state index in [1.165, 1.54) is 41.6 Å². The highest BCUT2D eigenvalue weighted by molar-refractivity contribution is 7.89. The number of rotatable bonds is 8. The zero-order chi connectivity index (χ0) is 23.3. The predicted octanol–water partition coefficient (Wildman–Crippen LogP) is 2.32. The van der Waals surface area contributed by atoms with Gasteiger partial charge >= 0.3 is 5.97 Å². The van der Waals surface area contributed by atoms with Crippen molar-refractivity contribution < 1.29 is 22.7 Å². The Morgan fingerprint density at radius 1 is 1.19 bits per heavy atom. The van der Waals surface area contributed by atoms with Gasteiger partial charge in [-0.05, 0) is 42.8 Å². The smallest absolute Gasteiger partial charge is 0.338 e. The Labute approximate surface area is 189 Å². The summed E-state index contributed by atoms with van der Waals surface area (Å²) in [5.41, 5.74) is 1.42. The standard InChI is InChI=1S/C20H20ClN5O5S/c1-3-24-32(29,30)15-6-4-13(2)16(9-15)20(28)31-10-19(27)25-17-8-14(21)5-7-18(17)26-12-22-11-23-26/h4-9,11-12,24H,3,10H2,1-2H3,(H,25,27). The maximum Gasteiger partial charge on any atom is 0.338 e. The van der Waals surface area contributed by atoms with E-state index in [1.54, 1.807) is 26.0 Å². The number of hydrogen-bond acceptors (Lipinski definition) is 7. The Morgan fingerprint density at radius 2 is 1.97 bits per heavy atom. The Bertz CT molecular complexity index is 1250. The van der Waals surface area contributed by atoms with Gasteiger partial charge in [-0.1, -0.05) is 24.6 Å². The number of amides is 1. The molecule has 32 heavy (non-hydrogen) atoms.